The fourth-order valence-corrected chi connectivity index (χ4v) is 5.02. The Morgan fingerprint density at radius 1 is 1.25 bits per heavy atom. The van der Waals surface area contributed by atoms with Gasteiger partial charge in [0.1, 0.15) is 10.6 Å². The number of fused-ring (bicyclic) bond motifs is 3. The van der Waals surface area contributed by atoms with Crippen LogP contribution in [0, 0.1) is 0 Å². The molecule has 0 spiro atoms. The number of thiophene rings is 1. The third kappa shape index (κ3) is 2.61. The highest BCUT2D eigenvalue weighted by Gasteiger charge is 2.30. The number of hydrogen-bond donors (Lipinski definition) is 0. The second-order valence-electron chi connectivity index (χ2n) is 6.55. The highest BCUT2D eigenvalue weighted by molar-refractivity contribution is 7.20. The van der Waals surface area contributed by atoms with E-state index in [0.717, 1.165) is 45.7 Å². The maximum absolute atomic E-state index is 13.2. The van der Waals surface area contributed by atoms with E-state index in [2.05, 4.69) is 11.1 Å². The minimum atomic E-state index is 0.135. The summed E-state index contributed by atoms with van der Waals surface area (Å²) in [4.78, 5) is 21.4. The van der Waals surface area contributed by atoms with Gasteiger partial charge in [0.25, 0.3) is 5.91 Å². The molecule has 4 rings (SSSR count). The number of aromatic nitrogens is 1. The topological polar surface area (TPSA) is 42.4 Å². The van der Waals surface area contributed by atoms with Crippen molar-refractivity contribution < 1.29 is 9.53 Å². The number of ether oxygens (including phenoxy) is 1. The maximum Gasteiger partial charge on any atom is 0.268 e. The minimum Gasteiger partial charge on any atom is -0.496 e. The first kappa shape index (κ1) is 15.6. The first-order valence-electron chi connectivity index (χ1n) is 8.73. The molecule has 2 aromatic heterocycles. The van der Waals surface area contributed by atoms with Gasteiger partial charge in [-0.2, -0.15) is 0 Å². The predicted molar refractivity (Wildman–Crippen MR) is 96.7 cm³/mol. The van der Waals surface area contributed by atoms with E-state index >= 15 is 0 Å². The number of carbonyl (C=O) groups is 1. The summed E-state index contributed by atoms with van der Waals surface area (Å²) in [5, 5.41) is 1.00. The first-order valence-corrected chi connectivity index (χ1v) is 9.55. The zero-order valence-corrected chi connectivity index (χ0v) is 14.8. The van der Waals surface area contributed by atoms with Gasteiger partial charge in [0.15, 0.2) is 0 Å². The molecular formula is C19H22N2O2S. The van der Waals surface area contributed by atoms with E-state index < -0.39 is 0 Å². The summed E-state index contributed by atoms with van der Waals surface area (Å²) in [6.07, 6.45) is 13.9. The molecule has 1 aliphatic heterocycles. The largest absolute Gasteiger partial charge is 0.496 e. The van der Waals surface area contributed by atoms with Crippen molar-refractivity contribution in [3.8, 4) is 5.75 Å². The van der Waals surface area contributed by atoms with Gasteiger partial charge in [-0.3, -0.25) is 4.79 Å². The van der Waals surface area contributed by atoms with Crippen molar-refractivity contribution in [3.63, 3.8) is 0 Å². The lowest BCUT2D eigenvalue weighted by molar-refractivity contribution is 0.0762. The highest BCUT2D eigenvalue weighted by Crippen LogP contribution is 2.39. The maximum atomic E-state index is 13.2. The van der Waals surface area contributed by atoms with Gasteiger partial charge >= 0.3 is 0 Å². The highest BCUT2D eigenvalue weighted by atomic mass is 32.1. The molecule has 126 valence electrons. The van der Waals surface area contributed by atoms with Crippen molar-refractivity contribution in [2.75, 3.05) is 7.11 Å². The number of hydrogen-bond acceptors (Lipinski definition) is 4. The fraction of sp³-hybridized carbons (Fsp3) is 0.474. The van der Waals surface area contributed by atoms with E-state index in [1.165, 1.54) is 37.0 Å². The molecule has 2 aromatic rings. The molecule has 3 heterocycles. The van der Waals surface area contributed by atoms with Crippen LogP contribution < -0.4 is 4.74 Å². The van der Waals surface area contributed by atoms with Gasteiger partial charge in [-0.15, -0.1) is 11.3 Å². The fourth-order valence-electron chi connectivity index (χ4n) is 3.88. The van der Waals surface area contributed by atoms with Gasteiger partial charge in [-0.1, -0.05) is 31.8 Å². The van der Waals surface area contributed by atoms with Gasteiger partial charge in [-0.05, 0) is 30.9 Å². The monoisotopic (exact) mass is 342 g/mol. The van der Waals surface area contributed by atoms with E-state index in [1.54, 1.807) is 13.3 Å². The molecule has 1 saturated carbocycles. The summed E-state index contributed by atoms with van der Waals surface area (Å²) in [5.41, 5.74) is 1.07. The number of carbonyl (C=O) groups excluding carboxylic acids is 1. The minimum absolute atomic E-state index is 0.135. The van der Waals surface area contributed by atoms with Crippen molar-refractivity contribution >= 4 is 27.5 Å². The molecule has 1 aliphatic carbocycles. The molecule has 0 bridgehead atoms. The van der Waals surface area contributed by atoms with E-state index in [1.807, 2.05) is 17.2 Å². The lowest BCUT2D eigenvalue weighted by atomic mass is 10.1. The van der Waals surface area contributed by atoms with Crippen LogP contribution in [0.2, 0.25) is 0 Å². The van der Waals surface area contributed by atoms with Gasteiger partial charge in [0.05, 0.1) is 17.4 Å². The average molecular weight is 342 g/mol. The Balaban J connectivity index is 1.77. The quantitative estimate of drug-likeness (QED) is 0.753. The molecule has 5 heteroatoms. The molecule has 2 aliphatic rings. The Bertz CT molecular complexity index is 788. The molecule has 0 saturated heterocycles. The van der Waals surface area contributed by atoms with E-state index in [9.17, 15) is 4.79 Å². The average Bonchev–Trinajstić information content (AvgIpc) is 2.75. The van der Waals surface area contributed by atoms with Gasteiger partial charge < -0.3 is 9.64 Å². The molecule has 1 fully saturated rings. The van der Waals surface area contributed by atoms with Crippen molar-refractivity contribution in [3.05, 3.63) is 35.0 Å². The molecule has 0 unspecified atom stereocenters. The van der Waals surface area contributed by atoms with Crippen LogP contribution in [-0.2, 0) is 6.42 Å². The second-order valence-corrected chi connectivity index (χ2v) is 7.55. The zero-order valence-electron chi connectivity index (χ0n) is 14.0. The van der Waals surface area contributed by atoms with Gasteiger partial charge in [0, 0.05) is 18.4 Å². The summed E-state index contributed by atoms with van der Waals surface area (Å²) in [6.45, 7) is 0. The smallest absolute Gasteiger partial charge is 0.268 e. The zero-order chi connectivity index (χ0) is 16.5. The molecule has 1 amide bonds. The number of pyridine rings is 1. The van der Waals surface area contributed by atoms with Crippen LogP contribution in [-0.4, -0.2) is 28.9 Å². The summed E-state index contributed by atoms with van der Waals surface area (Å²) >= 11 is 1.50. The Kier molecular flexibility index (Phi) is 4.27. The van der Waals surface area contributed by atoms with Crippen LogP contribution in [0.25, 0.3) is 10.2 Å². The molecule has 24 heavy (non-hydrogen) atoms. The molecule has 0 atom stereocenters. The molecule has 0 aromatic carbocycles. The summed E-state index contributed by atoms with van der Waals surface area (Å²) in [6, 6.07) is 2.21. The molecule has 4 nitrogen and oxygen atoms in total. The van der Waals surface area contributed by atoms with Crippen molar-refractivity contribution in [2.45, 2.75) is 51.0 Å². The first-order chi connectivity index (χ1) is 11.8. The van der Waals surface area contributed by atoms with E-state index in [-0.39, 0.29) is 5.91 Å². The Morgan fingerprint density at radius 2 is 2.04 bits per heavy atom. The number of amides is 1. The van der Waals surface area contributed by atoms with E-state index in [0.29, 0.717) is 6.04 Å². The Morgan fingerprint density at radius 3 is 2.79 bits per heavy atom. The predicted octanol–water partition coefficient (Wildman–Crippen LogP) is 4.54. The number of nitrogens with zero attached hydrogens (tertiary/aromatic N) is 2. The standard InChI is InChI=1S/C19H22N2O2S/c1-23-15-10-11-20-18-16(15)14-9-6-12-21(19(22)17(14)24-18)13-7-4-2-3-5-8-13/h6,10-13H,2-5,7-9H2,1H3. The lowest BCUT2D eigenvalue weighted by Gasteiger charge is -2.27. The van der Waals surface area contributed by atoms with Crippen molar-refractivity contribution in [2.24, 2.45) is 0 Å². The Labute approximate surface area is 146 Å². The van der Waals surface area contributed by atoms with Crippen LogP contribution >= 0.6 is 11.3 Å². The molecular weight excluding hydrogens is 320 g/mol. The van der Waals surface area contributed by atoms with Gasteiger partial charge in [0.2, 0.25) is 0 Å². The normalized spacial score (nSPS) is 19.2. The molecule has 0 radical (unpaired) electrons. The summed E-state index contributed by atoms with van der Waals surface area (Å²) < 4.78 is 5.51. The summed E-state index contributed by atoms with van der Waals surface area (Å²) in [7, 11) is 1.67. The third-order valence-electron chi connectivity index (χ3n) is 5.11. The van der Waals surface area contributed by atoms with Crippen LogP contribution in [0.5, 0.6) is 5.75 Å². The van der Waals surface area contributed by atoms with Gasteiger partial charge in [-0.25, -0.2) is 4.98 Å². The van der Waals surface area contributed by atoms with Crippen molar-refractivity contribution in [1.82, 2.24) is 9.88 Å². The number of rotatable bonds is 2. The lowest BCUT2D eigenvalue weighted by Crippen LogP contribution is -2.35. The summed E-state index contributed by atoms with van der Waals surface area (Å²) in [5.74, 6) is 0.942. The number of allylic oxidation sites excluding steroid dienone is 1. The second kappa shape index (κ2) is 6.55. The van der Waals surface area contributed by atoms with Crippen LogP contribution in [0.4, 0.5) is 0 Å². The van der Waals surface area contributed by atoms with E-state index in [4.69, 9.17) is 4.74 Å². The molecule has 0 N–H and O–H groups in total. The van der Waals surface area contributed by atoms with Crippen LogP contribution in [0.1, 0.15) is 53.8 Å². The van der Waals surface area contributed by atoms with Crippen LogP contribution in [0.15, 0.2) is 24.5 Å². The van der Waals surface area contributed by atoms with Crippen molar-refractivity contribution in [1.29, 1.82) is 0 Å². The Hall–Kier alpha value is -1.88. The third-order valence-corrected chi connectivity index (χ3v) is 6.24. The van der Waals surface area contributed by atoms with Crippen LogP contribution in [0.3, 0.4) is 0 Å². The number of methoxy groups -OCH3 is 1. The SMILES string of the molecule is COc1ccnc2sc3c(c12)CC=CN(C1CCCCCC1)C3=O.